The number of ether oxygens (including phenoxy) is 1. The Bertz CT molecular complexity index is 1260. The number of benzene rings is 1. The average Bonchev–Trinajstić information content (AvgIpc) is 3.08. The van der Waals surface area contributed by atoms with Gasteiger partial charge in [-0.2, -0.15) is 4.98 Å². The van der Waals surface area contributed by atoms with Crippen molar-refractivity contribution in [2.24, 2.45) is 0 Å². The van der Waals surface area contributed by atoms with Gasteiger partial charge in [-0.25, -0.2) is 9.97 Å². The van der Waals surface area contributed by atoms with Crippen LogP contribution in [0.4, 0.5) is 34.6 Å². The first kappa shape index (κ1) is 25.4. The number of methoxy groups -OCH3 is 1. The minimum Gasteiger partial charge on any atom is -0.494 e. The van der Waals surface area contributed by atoms with Crippen molar-refractivity contribution in [2.45, 2.75) is 33.1 Å². The molecule has 4 rings (SSSR count). The minimum atomic E-state index is -0.125. The van der Waals surface area contributed by atoms with Gasteiger partial charge in [0.15, 0.2) is 0 Å². The van der Waals surface area contributed by atoms with Gasteiger partial charge in [-0.3, -0.25) is 4.98 Å². The summed E-state index contributed by atoms with van der Waals surface area (Å²) < 4.78 is 5.67. The van der Waals surface area contributed by atoms with Crippen LogP contribution in [0.3, 0.4) is 0 Å². The summed E-state index contributed by atoms with van der Waals surface area (Å²) in [6.45, 7) is 11.0. The molecule has 3 aromatic rings. The maximum Gasteiger partial charge on any atom is 0.234 e. The number of nitrogen functional groups attached to an aromatic ring is 1. The number of nitrogens with zero attached hydrogens (tertiary/aromatic N) is 7. The maximum absolute atomic E-state index is 6.43. The number of nitrogens with one attached hydrogen (secondary N) is 1. The Labute approximate surface area is 213 Å². The van der Waals surface area contributed by atoms with Gasteiger partial charge in [0.2, 0.25) is 11.9 Å². The van der Waals surface area contributed by atoms with Gasteiger partial charge in [0.1, 0.15) is 12.1 Å². The number of fused-ring (bicyclic) bond motifs is 1. The van der Waals surface area contributed by atoms with E-state index in [0.29, 0.717) is 29.0 Å². The lowest BCUT2D eigenvalue weighted by molar-refractivity contribution is 0.413. The second kappa shape index (κ2) is 9.77. The Morgan fingerprint density at radius 1 is 1.08 bits per heavy atom. The number of aromatic nitrogens is 4. The van der Waals surface area contributed by atoms with Crippen molar-refractivity contribution < 1.29 is 4.74 Å². The highest BCUT2D eigenvalue weighted by Gasteiger charge is 2.39. The Balaban J connectivity index is 1.62. The number of hydrogen-bond donors (Lipinski definition) is 2. The van der Waals surface area contributed by atoms with Crippen LogP contribution >= 0.6 is 0 Å². The molecule has 0 saturated carbocycles. The number of likely N-dealkylation sites (N-methyl/N-ethyl adjacent to an activating group) is 2. The number of hydrogen-bond acceptors (Lipinski definition) is 10. The maximum atomic E-state index is 6.43. The summed E-state index contributed by atoms with van der Waals surface area (Å²) in [7, 11) is 7.76. The first-order chi connectivity index (χ1) is 17.0. The molecule has 1 aliphatic rings. The number of aryl methyl sites for hydroxylation is 2. The van der Waals surface area contributed by atoms with Gasteiger partial charge in [0.25, 0.3) is 0 Å². The molecule has 1 aliphatic heterocycles. The van der Waals surface area contributed by atoms with Gasteiger partial charge in [0, 0.05) is 43.9 Å². The van der Waals surface area contributed by atoms with Crippen molar-refractivity contribution in [3.63, 3.8) is 0 Å². The molecule has 3 N–H and O–H groups in total. The normalized spacial score (nSPS) is 14.2. The molecule has 0 spiro atoms. The van der Waals surface area contributed by atoms with Crippen LogP contribution in [0.25, 0.3) is 0 Å². The first-order valence-electron chi connectivity index (χ1n) is 12.1. The van der Waals surface area contributed by atoms with Crippen LogP contribution in [0.15, 0.2) is 24.5 Å². The van der Waals surface area contributed by atoms with Crippen molar-refractivity contribution in [1.82, 2.24) is 24.8 Å². The van der Waals surface area contributed by atoms with Crippen LogP contribution in [0.2, 0.25) is 0 Å². The molecule has 2 aromatic heterocycles. The molecule has 0 amide bonds. The molecule has 10 nitrogen and oxygen atoms in total. The zero-order chi connectivity index (χ0) is 26.2. The largest absolute Gasteiger partial charge is 0.494 e. The molecule has 0 unspecified atom stereocenters. The molecular weight excluding hydrogens is 454 g/mol. The van der Waals surface area contributed by atoms with Crippen LogP contribution < -0.4 is 25.6 Å². The van der Waals surface area contributed by atoms with Crippen molar-refractivity contribution in [3.05, 3.63) is 41.5 Å². The summed E-state index contributed by atoms with van der Waals surface area (Å²) in [6.07, 6.45) is 1.52. The Hall–Kier alpha value is -3.66. The molecule has 0 fully saturated rings. The predicted molar refractivity (Wildman–Crippen MR) is 146 cm³/mol. The summed E-state index contributed by atoms with van der Waals surface area (Å²) in [4.78, 5) is 24.8. The summed E-state index contributed by atoms with van der Waals surface area (Å²) in [5.74, 6) is 1.63. The van der Waals surface area contributed by atoms with Gasteiger partial charge in [-0.1, -0.05) is 13.8 Å². The van der Waals surface area contributed by atoms with Crippen LogP contribution in [0, 0.1) is 13.8 Å². The molecule has 36 heavy (non-hydrogen) atoms. The third kappa shape index (κ3) is 4.99. The third-order valence-corrected chi connectivity index (χ3v) is 6.62. The summed E-state index contributed by atoms with van der Waals surface area (Å²) in [6, 6.07) is 5.96. The molecule has 0 aliphatic carbocycles. The van der Waals surface area contributed by atoms with Gasteiger partial charge in [-0.15, -0.1) is 0 Å². The number of nitrogens with two attached hydrogens (primary N) is 1. The van der Waals surface area contributed by atoms with E-state index in [1.165, 1.54) is 6.33 Å². The van der Waals surface area contributed by atoms with Gasteiger partial charge >= 0.3 is 0 Å². The second-order valence-corrected chi connectivity index (χ2v) is 10.3. The molecule has 10 heteroatoms. The zero-order valence-electron chi connectivity index (χ0n) is 22.5. The minimum absolute atomic E-state index is 0.125. The van der Waals surface area contributed by atoms with Crippen molar-refractivity contribution in [1.29, 1.82) is 0 Å². The fourth-order valence-corrected chi connectivity index (χ4v) is 4.38. The van der Waals surface area contributed by atoms with Crippen molar-refractivity contribution >= 4 is 34.6 Å². The second-order valence-electron chi connectivity index (χ2n) is 10.3. The van der Waals surface area contributed by atoms with Crippen molar-refractivity contribution in [3.8, 4) is 5.75 Å². The molecule has 0 saturated heterocycles. The van der Waals surface area contributed by atoms with E-state index in [-0.39, 0.29) is 5.41 Å². The van der Waals surface area contributed by atoms with E-state index in [2.05, 4.69) is 56.8 Å². The number of pyridine rings is 1. The van der Waals surface area contributed by atoms with Crippen molar-refractivity contribution in [2.75, 3.05) is 68.7 Å². The lowest BCUT2D eigenvalue weighted by Crippen LogP contribution is -2.29. The first-order valence-corrected chi connectivity index (χ1v) is 12.1. The Morgan fingerprint density at radius 2 is 1.83 bits per heavy atom. The fraction of sp³-hybridized carbons (Fsp3) is 0.462. The smallest absolute Gasteiger partial charge is 0.234 e. The molecule has 0 bridgehead atoms. The topological polar surface area (TPSA) is 109 Å². The molecule has 1 aromatic carbocycles. The standard InChI is InChI=1S/C26H37N9O/c1-16-11-21-23(30-17(16)2)26(3,4)14-35(21)25-29-15-28-24(32-25)31-19-12-18(27)20(13-22(19)36-8)34(7)10-9-33(5)6/h11-13,15H,9-10,14,27H2,1-8H3,(H,28,29,31,32). The highest BCUT2D eigenvalue weighted by atomic mass is 16.5. The summed E-state index contributed by atoms with van der Waals surface area (Å²) >= 11 is 0. The monoisotopic (exact) mass is 491 g/mol. The van der Waals surface area contributed by atoms with E-state index < -0.39 is 0 Å². The van der Waals surface area contributed by atoms with Gasteiger partial charge in [0.05, 0.1) is 35.6 Å². The SMILES string of the molecule is COc1cc(N(C)CCN(C)C)c(N)cc1Nc1ncnc(N2CC(C)(C)c3nc(C)c(C)cc32)n1. The Kier molecular flexibility index (Phi) is 6.90. The molecule has 192 valence electrons. The van der Waals surface area contributed by atoms with E-state index in [0.717, 1.165) is 48.0 Å². The molecule has 3 heterocycles. The molecule has 0 radical (unpaired) electrons. The lowest BCUT2D eigenvalue weighted by atomic mass is 9.91. The number of rotatable bonds is 8. The zero-order valence-corrected chi connectivity index (χ0v) is 22.5. The van der Waals surface area contributed by atoms with Gasteiger partial charge in [-0.05, 0) is 45.6 Å². The van der Waals surface area contributed by atoms with E-state index in [9.17, 15) is 0 Å². The van der Waals surface area contributed by atoms with E-state index in [1.54, 1.807) is 7.11 Å². The predicted octanol–water partition coefficient (Wildman–Crippen LogP) is 3.64. The van der Waals surface area contributed by atoms with Crippen LogP contribution in [0.5, 0.6) is 5.75 Å². The lowest BCUT2D eigenvalue weighted by Gasteiger charge is -2.24. The van der Waals surface area contributed by atoms with Crippen LogP contribution in [-0.4, -0.2) is 72.7 Å². The van der Waals surface area contributed by atoms with Gasteiger partial charge < -0.3 is 30.5 Å². The third-order valence-electron chi connectivity index (χ3n) is 6.62. The van der Waals surface area contributed by atoms with Crippen LogP contribution in [0.1, 0.15) is 30.8 Å². The summed E-state index contributed by atoms with van der Waals surface area (Å²) in [5, 5.41) is 3.27. The highest BCUT2D eigenvalue weighted by molar-refractivity contribution is 5.79. The quantitative estimate of drug-likeness (QED) is 0.453. The average molecular weight is 492 g/mol. The number of anilines is 6. The molecule has 0 atom stereocenters. The highest BCUT2D eigenvalue weighted by Crippen LogP contribution is 2.43. The van der Waals surface area contributed by atoms with Crippen LogP contribution in [-0.2, 0) is 5.41 Å². The fourth-order valence-electron chi connectivity index (χ4n) is 4.38. The molecular formula is C26H37N9O. The van der Waals surface area contributed by atoms with E-state index in [1.807, 2.05) is 40.2 Å². The van der Waals surface area contributed by atoms with E-state index >= 15 is 0 Å². The summed E-state index contributed by atoms with van der Waals surface area (Å²) in [5.41, 5.74) is 12.8. The Morgan fingerprint density at radius 3 is 2.53 bits per heavy atom. The van der Waals surface area contributed by atoms with E-state index in [4.69, 9.17) is 20.4 Å².